The minimum absolute atomic E-state index is 0.236. The van der Waals surface area contributed by atoms with E-state index in [0.29, 0.717) is 5.56 Å². The number of hydrogen-bond donors (Lipinski definition) is 3. The molecule has 0 aliphatic carbocycles. The Morgan fingerprint density at radius 3 is 2.73 bits per heavy atom. The van der Waals surface area contributed by atoms with Crippen LogP contribution in [0.25, 0.3) is 0 Å². The summed E-state index contributed by atoms with van der Waals surface area (Å²) in [6, 6.07) is 3.22. The standard InChI is InChI=1S/C10H13N3O2/c1-15-10(14)7-3-2-6(4-11)8(5-12)9(7)13/h2-3,5,12H,4,11,13H2,1H3. The van der Waals surface area contributed by atoms with Crippen molar-refractivity contribution in [1.82, 2.24) is 0 Å². The number of rotatable bonds is 3. The van der Waals surface area contributed by atoms with E-state index in [2.05, 4.69) is 4.74 Å². The van der Waals surface area contributed by atoms with Gasteiger partial charge in [0.1, 0.15) is 0 Å². The normalized spacial score (nSPS) is 9.73. The van der Waals surface area contributed by atoms with Crippen molar-refractivity contribution < 1.29 is 9.53 Å². The zero-order valence-corrected chi connectivity index (χ0v) is 8.41. The van der Waals surface area contributed by atoms with Gasteiger partial charge in [-0.1, -0.05) is 6.07 Å². The number of methoxy groups -OCH3 is 1. The fourth-order valence-electron chi connectivity index (χ4n) is 1.32. The molecule has 0 aliphatic heterocycles. The van der Waals surface area contributed by atoms with Crippen LogP contribution in [0.4, 0.5) is 5.69 Å². The molecule has 1 aromatic carbocycles. The van der Waals surface area contributed by atoms with Crippen LogP contribution in [-0.2, 0) is 11.3 Å². The monoisotopic (exact) mass is 207 g/mol. The molecule has 5 nitrogen and oxygen atoms in total. The summed E-state index contributed by atoms with van der Waals surface area (Å²) in [7, 11) is 1.28. The maximum atomic E-state index is 11.3. The number of nitrogens with two attached hydrogens (primary N) is 2. The molecule has 0 fully saturated rings. The van der Waals surface area contributed by atoms with Gasteiger partial charge in [-0.2, -0.15) is 0 Å². The number of esters is 1. The quantitative estimate of drug-likeness (QED) is 0.381. The van der Waals surface area contributed by atoms with Crippen LogP contribution in [0, 0.1) is 5.41 Å². The lowest BCUT2D eigenvalue weighted by Gasteiger charge is -2.10. The van der Waals surface area contributed by atoms with Crippen LogP contribution in [0.5, 0.6) is 0 Å². The second-order valence-corrected chi connectivity index (χ2v) is 2.94. The van der Waals surface area contributed by atoms with E-state index in [1.54, 1.807) is 12.1 Å². The molecule has 5 heteroatoms. The molecule has 15 heavy (non-hydrogen) atoms. The van der Waals surface area contributed by atoms with Gasteiger partial charge in [0.05, 0.1) is 18.4 Å². The number of carbonyl (C=O) groups is 1. The predicted octanol–water partition coefficient (Wildman–Crippen LogP) is 0.512. The van der Waals surface area contributed by atoms with E-state index in [4.69, 9.17) is 16.9 Å². The van der Waals surface area contributed by atoms with E-state index in [9.17, 15) is 4.79 Å². The highest BCUT2D eigenvalue weighted by Crippen LogP contribution is 2.20. The average Bonchev–Trinajstić information content (AvgIpc) is 2.27. The van der Waals surface area contributed by atoms with Gasteiger partial charge in [0, 0.05) is 18.3 Å². The number of nitrogens with one attached hydrogen (secondary N) is 1. The summed E-state index contributed by atoms with van der Waals surface area (Å²) in [4.78, 5) is 11.3. The molecule has 0 aliphatic rings. The van der Waals surface area contributed by atoms with Crippen molar-refractivity contribution in [3.05, 3.63) is 28.8 Å². The van der Waals surface area contributed by atoms with Crippen LogP contribution < -0.4 is 11.5 Å². The third-order valence-corrected chi connectivity index (χ3v) is 2.15. The molecule has 0 bridgehead atoms. The first kappa shape index (κ1) is 11.2. The molecule has 0 heterocycles. The van der Waals surface area contributed by atoms with E-state index in [1.807, 2.05) is 0 Å². The van der Waals surface area contributed by atoms with E-state index in [0.717, 1.165) is 11.8 Å². The molecule has 5 N–H and O–H groups in total. The molecule has 1 aromatic rings. The zero-order valence-electron chi connectivity index (χ0n) is 8.41. The van der Waals surface area contributed by atoms with Crippen molar-refractivity contribution in [2.45, 2.75) is 6.54 Å². The fourth-order valence-corrected chi connectivity index (χ4v) is 1.32. The number of nitrogen functional groups attached to an aromatic ring is 1. The fraction of sp³-hybridized carbons (Fsp3) is 0.200. The molecular weight excluding hydrogens is 194 g/mol. The summed E-state index contributed by atoms with van der Waals surface area (Å²) in [6.07, 6.45) is 1.09. The summed E-state index contributed by atoms with van der Waals surface area (Å²) in [5, 5.41) is 7.21. The Balaban J connectivity index is 3.35. The predicted molar refractivity (Wildman–Crippen MR) is 58.0 cm³/mol. The van der Waals surface area contributed by atoms with E-state index in [-0.39, 0.29) is 17.8 Å². The highest BCUT2D eigenvalue weighted by atomic mass is 16.5. The molecule has 0 radical (unpaired) electrons. The minimum Gasteiger partial charge on any atom is -0.465 e. The van der Waals surface area contributed by atoms with E-state index in [1.165, 1.54) is 7.11 Å². The van der Waals surface area contributed by atoms with Crippen LogP contribution in [0.2, 0.25) is 0 Å². The molecule has 0 saturated heterocycles. The van der Waals surface area contributed by atoms with Crippen molar-refractivity contribution in [2.75, 3.05) is 12.8 Å². The van der Waals surface area contributed by atoms with Gasteiger partial charge in [-0.25, -0.2) is 4.79 Å². The summed E-state index contributed by atoms with van der Waals surface area (Å²) in [5.41, 5.74) is 12.9. The SMILES string of the molecule is COC(=O)c1ccc(CN)c(C=N)c1N. The van der Waals surface area contributed by atoms with Crippen molar-refractivity contribution in [1.29, 1.82) is 5.41 Å². The topological polar surface area (TPSA) is 102 Å². The van der Waals surface area contributed by atoms with Crippen molar-refractivity contribution in [3.63, 3.8) is 0 Å². The van der Waals surface area contributed by atoms with Crippen LogP contribution in [0.15, 0.2) is 12.1 Å². The Labute approximate surface area is 87.5 Å². The van der Waals surface area contributed by atoms with E-state index >= 15 is 0 Å². The van der Waals surface area contributed by atoms with Crippen LogP contribution in [-0.4, -0.2) is 19.3 Å². The Morgan fingerprint density at radius 2 is 2.27 bits per heavy atom. The summed E-state index contributed by atoms with van der Waals surface area (Å²) < 4.78 is 4.56. The second kappa shape index (κ2) is 4.56. The number of hydrogen-bond acceptors (Lipinski definition) is 5. The summed E-state index contributed by atoms with van der Waals surface area (Å²) >= 11 is 0. The number of ether oxygens (including phenoxy) is 1. The third kappa shape index (κ3) is 1.97. The number of benzene rings is 1. The lowest BCUT2D eigenvalue weighted by molar-refractivity contribution is 0.0602. The maximum Gasteiger partial charge on any atom is 0.339 e. The molecule has 1 rings (SSSR count). The van der Waals surface area contributed by atoms with E-state index < -0.39 is 5.97 Å². The first-order chi connectivity index (χ1) is 7.15. The maximum absolute atomic E-state index is 11.3. The first-order valence-electron chi connectivity index (χ1n) is 4.36. The van der Waals surface area contributed by atoms with Crippen LogP contribution in [0.1, 0.15) is 21.5 Å². The van der Waals surface area contributed by atoms with Gasteiger partial charge in [0.15, 0.2) is 0 Å². The van der Waals surface area contributed by atoms with Crippen LogP contribution >= 0.6 is 0 Å². The largest absolute Gasteiger partial charge is 0.465 e. The molecule has 0 saturated carbocycles. The highest BCUT2D eigenvalue weighted by molar-refractivity contribution is 6.01. The average molecular weight is 207 g/mol. The molecule has 0 aromatic heterocycles. The Hall–Kier alpha value is -1.88. The van der Waals surface area contributed by atoms with Crippen molar-refractivity contribution in [2.24, 2.45) is 5.73 Å². The van der Waals surface area contributed by atoms with Crippen molar-refractivity contribution >= 4 is 17.9 Å². The Kier molecular flexibility index (Phi) is 3.41. The smallest absolute Gasteiger partial charge is 0.339 e. The summed E-state index contributed by atoms with van der Waals surface area (Å²) in [5.74, 6) is -0.515. The molecule has 0 atom stereocenters. The minimum atomic E-state index is -0.515. The molecule has 0 spiro atoms. The highest BCUT2D eigenvalue weighted by Gasteiger charge is 2.14. The molecule has 80 valence electrons. The van der Waals surface area contributed by atoms with Gasteiger partial charge in [-0.05, 0) is 11.6 Å². The van der Waals surface area contributed by atoms with Gasteiger partial charge >= 0.3 is 5.97 Å². The van der Waals surface area contributed by atoms with Gasteiger partial charge in [0.2, 0.25) is 0 Å². The lowest BCUT2D eigenvalue weighted by Crippen LogP contribution is -2.11. The second-order valence-electron chi connectivity index (χ2n) is 2.94. The van der Waals surface area contributed by atoms with Gasteiger partial charge < -0.3 is 21.6 Å². The van der Waals surface area contributed by atoms with Crippen LogP contribution in [0.3, 0.4) is 0 Å². The first-order valence-corrected chi connectivity index (χ1v) is 4.36. The van der Waals surface area contributed by atoms with Gasteiger partial charge in [0.25, 0.3) is 0 Å². The Morgan fingerprint density at radius 1 is 1.60 bits per heavy atom. The summed E-state index contributed by atoms with van der Waals surface area (Å²) in [6.45, 7) is 0.274. The van der Waals surface area contributed by atoms with Gasteiger partial charge in [-0.15, -0.1) is 0 Å². The number of anilines is 1. The Bertz CT molecular complexity index is 402. The van der Waals surface area contributed by atoms with Crippen molar-refractivity contribution in [3.8, 4) is 0 Å². The van der Waals surface area contributed by atoms with Gasteiger partial charge in [-0.3, -0.25) is 0 Å². The zero-order chi connectivity index (χ0) is 11.4. The molecular formula is C10H13N3O2. The lowest BCUT2D eigenvalue weighted by atomic mass is 10.0. The molecule has 0 amide bonds. The molecule has 0 unspecified atom stereocenters. The number of carbonyl (C=O) groups excluding carboxylic acids is 1. The third-order valence-electron chi connectivity index (χ3n) is 2.15.